The number of halogens is 1. The van der Waals surface area contributed by atoms with Crippen LogP contribution in [-0.2, 0) is 4.79 Å². The first kappa shape index (κ1) is 11.9. The second kappa shape index (κ2) is 4.34. The molecular formula is C13H12ClNO2. The average molecular weight is 250 g/mol. The molecule has 0 bridgehead atoms. The van der Waals surface area contributed by atoms with Gasteiger partial charge in [0.25, 0.3) is 11.7 Å². The number of fused-ring (bicyclic) bond motifs is 1. The van der Waals surface area contributed by atoms with E-state index in [1.807, 2.05) is 13.0 Å². The van der Waals surface area contributed by atoms with Gasteiger partial charge in [-0.3, -0.25) is 9.59 Å². The van der Waals surface area contributed by atoms with Crippen molar-refractivity contribution in [2.45, 2.75) is 6.92 Å². The Kier molecular flexibility index (Phi) is 3.03. The molecule has 0 N–H and O–H groups in total. The predicted molar refractivity (Wildman–Crippen MR) is 67.7 cm³/mol. The molecule has 0 atom stereocenters. The number of aryl methyl sites for hydroxylation is 1. The van der Waals surface area contributed by atoms with Crippen LogP contribution in [0, 0.1) is 6.92 Å². The number of carbonyl (C=O) groups is 2. The van der Waals surface area contributed by atoms with Crippen LogP contribution in [-0.4, -0.2) is 24.1 Å². The molecule has 2 rings (SSSR count). The fourth-order valence-electron chi connectivity index (χ4n) is 1.84. The molecule has 0 aromatic heterocycles. The zero-order valence-electron chi connectivity index (χ0n) is 9.50. The van der Waals surface area contributed by atoms with E-state index >= 15 is 0 Å². The molecule has 3 nitrogen and oxygen atoms in total. The van der Waals surface area contributed by atoms with Crippen LogP contribution >= 0.6 is 11.6 Å². The number of hydrogen-bond donors (Lipinski definition) is 0. The van der Waals surface area contributed by atoms with Gasteiger partial charge >= 0.3 is 0 Å². The number of rotatable bonds is 3. The van der Waals surface area contributed by atoms with Gasteiger partial charge in [0.05, 0.1) is 11.3 Å². The van der Waals surface area contributed by atoms with E-state index in [0.717, 1.165) is 5.56 Å². The van der Waals surface area contributed by atoms with Crippen LogP contribution in [0.3, 0.4) is 0 Å². The highest BCUT2D eigenvalue weighted by atomic mass is 35.5. The van der Waals surface area contributed by atoms with Crippen LogP contribution in [0.5, 0.6) is 0 Å². The Labute approximate surface area is 105 Å². The molecule has 1 amide bonds. The van der Waals surface area contributed by atoms with E-state index in [1.165, 1.54) is 4.90 Å². The largest absolute Gasteiger partial charge is 0.301 e. The number of Topliss-reactive ketones (excluding diaryl/α,β-unsaturated/α-hetero) is 1. The number of hydrogen-bond acceptors (Lipinski definition) is 2. The number of anilines is 1. The summed E-state index contributed by atoms with van der Waals surface area (Å²) in [7, 11) is 0. The third-order valence-corrected chi connectivity index (χ3v) is 3.08. The van der Waals surface area contributed by atoms with Crippen LogP contribution in [0.4, 0.5) is 5.69 Å². The molecule has 1 aliphatic rings. The minimum absolute atomic E-state index is 0.277. The van der Waals surface area contributed by atoms with Crippen molar-refractivity contribution in [1.82, 2.24) is 0 Å². The van der Waals surface area contributed by atoms with Crippen molar-refractivity contribution in [2.75, 3.05) is 17.3 Å². The van der Waals surface area contributed by atoms with Gasteiger partial charge in [-0.05, 0) is 24.6 Å². The molecule has 0 fully saturated rings. The Morgan fingerprint density at radius 1 is 1.41 bits per heavy atom. The molecule has 1 aliphatic heterocycles. The number of amides is 1. The summed E-state index contributed by atoms with van der Waals surface area (Å²) in [6.07, 6.45) is 0. The van der Waals surface area contributed by atoms with Gasteiger partial charge in [-0.15, -0.1) is 11.6 Å². The summed E-state index contributed by atoms with van der Waals surface area (Å²) in [5.74, 6) is -0.679. The van der Waals surface area contributed by atoms with Gasteiger partial charge in [0.2, 0.25) is 0 Å². The predicted octanol–water partition coefficient (Wildman–Crippen LogP) is 2.32. The Bertz CT molecular complexity index is 522. The minimum atomic E-state index is -0.503. The zero-order chi connectivity index (χ0) is 12.6. The van der Waals surface area contributed by atoms with Gasteiger partial charge in [-0.2, -0.15) is 0 Å². The topological polar surface area (TPSA) is 37.4 Å². The Morgan fingerprint density at radius 2 is 2.12 bits per heavy atom. The van der Waals surface area contributed by atoms with Crippen molar-refractivity contribution in [3.63, 3.8) is 0 Å². The maximum absolute atomic E-state index is 11.8. The summed E-state index contributed by atoms with van der Waals surface area (Å²) in [5, 5.41) is 0. The van der Waals surface area contributed by atoms with Crippen LogP contribution in [0.15, 0.2) is 30.4 Å². The normalized spacial score (nSPS) is 14.1. The lowest BCUT2D eigenvalue weighted by atomic mass is 10.1. The second-order valence-electron chi connectivity index (χ2n) is 4.12. The standard InChI is InChI=1S/C13H12ClNO2/c1-8-3-4-11-10(5-8)12(16)13(17)15(11)7-9(2)6-14/h3-5H,2,6-7H2,1H3. The van der Waals surface area contributed by atoms with Crippen molar-refractivity contribution in [2.24, 2.45) is 0 Å². The van der Waals surface area contributed by atoms with Crippen LogP contribution in [0.2, 0.25) is 0 Å². The third-order valence-electron chi connectivity index (χ3n) is 2.70. The van der Waals surface area contributed by atoms with Gasteiger partial charge in [0.1, 0.15) is 0 Å². The molecule has 1 aromatic rings. The maximum atomic E-state index is 11.8. The highest BCUT2D eigenvalue weighted by Crippen LogP contribution is 2.30. The lowest BCUT2D eigenvalue weighted by Gasteiger charge is -2.16. The van der Waals surface area contributed by atoms with Gasteiger partial charge in [0, 0.05) is 12.4 Å². The SMILES string of the molecule is C=C(CCl)CN1C(=O)C(=O)c2cc(C)ccc21. The lowest BCUT2D eigenvalue weighted by molar-refractivity contribution is -0.114. The number of benzene rings is 1. The molecule has 0 unspecified atom stereocenters. The minimum Gasteiger partial charge on any atom is -0.301 e. The van der Waals surface area contributed by atoms with Crippen LogP contribution < -0.4 is 4.90 Å². The average Bonchev–Trinajstić information content (AvgIpc) is 2.54. The first-order valence-corrected chi connectivity index (χ1v) is 5.77. The smallest absolute Gasteiger partial charge is 0.299 e. The molecule has 0 spiro atoms. The van der Waals surface area contributed by atoms with Gasteiger partial charge in [0.15, 0.2) is 0 Å². The molecule has 4 heteroatoms. The van der Waals surface area contributed by atoms with Gasteiger partial charge < -0.3 is 4.90 Å². The first-order valence-electron chi connectivity index (χ1n) is 5.24. The summed E-state index contributed by atoms with van der Waals surface area (Å²) in [5.41, 5.74) is 2.79. The molecule has 17 heavy (non-hydrogen) atoms. The van der Waals surface area contributed by atoms with E-state index in [0.29, 0.717) is 23.4 Å². The molecule has 1 heterocycles. The Hall–Kier alpha value is -1.61. The van der Waals surface area contributed by atoms with E-state index < -0.39 is 11.7 Å². The maximum Gasteiger partial charge on any atom is 0.299 e. The van der Waals surface area contributed by atoms with Crippen molar-refractivity contribution in [3.8, 4) is 0 Å². The first-order chi connectivity index (χ1) is 8.04. The number of ketones is 1. The molecule has 0 aliphatic carbocycles. The quantitative estimate of drug-likeness (QED) is 0.468. The lowest BCUT2D eigenvalue weighted by Crippen LogP contribution is -2.31. The number of alkyl halides is 1. The van der Waals surface area contributed by atoms with E-state index in [1.54, 1.807) is 12.1 Å². The summed E-state index contributed by atoms with van der Waals surface area (Å²) in [4.78, 5) is 25.0. The van der Waals surface area contributed by atoms with Gasteiger partial charge in [-0.25, -0.2) is 0 Å². The fraction of sp³-hybridized carbons (Fsp3) is 0.231. The molecule has 88 valence electrons. The summed E-state index contributed by atoms with van der Waals surface area (Å²) in [6, 6.07) is 5.40. The van der Waals surface area contributed by atoms with Crippen LogP contribution in [0.25, 0.3) is 0 Å². The van der Waals surface area contributed by atoms with Crippen LogP contribution in [0.1, 0.15) is 15.9 Å². The van der Waals surface area contributed by atoms with E-state index in [-0.39, 0.29) is 5.88 Å². The third kappa shape index (κ3) is 1.98. The number of nitrogens with zero attached hydrogens (tertiary/aromatic N) is 1. The van der Waals surface area contributed by atoms with Crippen molar-refractivity contribution >= 4 is 29.0 Å². The van der Waals surface area contributed by atoms with Crippen molar-refractivity contribution in [3.05, 3.63) is 41.5 Å². The summed E-state index contributed by atoms with van der Waals surface area (Å²) < 4.78 is 0. The zero-order valence-corrected chi connectivity index (χ0v) is 10.3. The molecule has 0 saturated heterocycles. The highest BCUT2D eigenvalue weighted by Gasteiger charge is 2.35. The molecule has 0 saturated carbocycles. The van der Waals surface area contributed by atoms with E-state index in [9.17, 15) is 9.59 Å². The summed E-state index contributed by atoms with van der Waals surface area (Å²) >= 11 is 5.64. The Balaban J connectivity index is 2.41. The second-order valence-corrected chi connectivity index (χ2v) is 4.39. The van der Waals surface area contributed by atoms with Crippen molar-refractivity contribution in [1.29, 1.82) is 0 Å². The summed E-state index contributed by atoms with van der Waals surface area (Å²) in [6.45, 7) is 5.93. The molecule has 0 radical (unpaired) electrons. The van der Waals surface area contributed by atoms with E-state index in [4.69, 9.17) is 11.6 Å². The van der Waals surface area contributed by atoms with Gasteiger partial charge in [-0.1, -0.05) is 18.2 Å². The highest BCUT2D eigenvalue weighted by molar-refractivity contribution is 6.52. The fourth-order valence-corrected chi connectivity index (χ4v) is 1.92. The number of carbonyl (C=O) groups excluding carboxylic acids is 2. The van der Waals surface area contributed by atoms with E-state index in [2.05, 4.69) is 6.58 Å². The van der Waals surface area contributed by atoms with Crippen molar-refractivity contribution < 1.29 is 9.59 Å². The molecule has 1 aromatic carbocycles. The Morgan fingerprint density at radius 3 is 2.76 bits per heavy atom. The molecular weight excluding hydrogens is 238 g/mol. The monoisotopic (exact) mass is 249 g/mol.